The first-order valence-corrected chi connectivity index (χ1v) is 7.62. The van der Waals surface area contributed by atoms with Gasteiger partial charge in [-0.1, -0.05) is 0 Å². The van der Waals surface area contributed by atoms with Gasteiger partial charge in [-0.15, -0.1) is 0 Å². The van der Waals surface area contributed by atoms with Crippen LogP contribution in [0.4, 0.5) is 0 Å². The Bertz CT molecular complexity index is 978. The molecule has 0 aromatic carbocycles. The second-order valence-electron chi connectivity index (χ2n) is 5.50. The largest absolute Gasteiger partial charge is 0.319 e. The number of carbonyl (C=O) groups excluding carboxylic acids is 2. The summed E-state index contributed by atoms with van der Waals surface area (Å²) in [6.45, 7) is 0. The van der Waals surface area contributed by atoms with E-state index in [0.29, 0.717) is 11.4 Å². The molecule has 0 atom stereocenters. The second kappa shape index (κ2) is 6.09. The molecule has 1 amide bonds. The molecule has 0 fully saturated rings. The second-order valence-corrected chi connectivity index (χ2v) is 5.50. The van der Waals surface area contributed by atoms with Gasteiger partial charge >= 0.3 is 0 Å². The van der Waals surface area contributed by atoms with Gasteiger partial charge in [0.25, 0.3) is 5.91 Å². The van der Waals surface area contributed by atoms with E-state index >= 15 is 0 Å². The first-order valence-electron chi connectivity index (χ1n) is 7.62. The summed E-state index contributed by atoms with van der Waals surface area (Å²) in [5.41, 5.74) is 4.36. The van der Waals surface area contributed by atoms with Gasteiger partial charge in [-0.2, -0.15) is 0 Å². The van der Waals surface area contributed by atoms with Crippen molar-refractivity contribution in [3.8, 4) is 0 Å². The molecular formula is C19H12N4O2. The van der Waals surface area contributed by atoms with Gasteiger partial charge in [-0.25, -0.2) is 9.98 Å². The molecule has 0 unspecified atom stereocenters. The number of carbonyl (C=O) groups is 2. The number of nitrogens with one attached hydrogen (secondary N) is 1. The average molecular weight is 328 g/mol. The first-order chi connectivity index (χ1) is 12.2. The quantitative estimate of drug-likeness (QED) is 0.802. The van der Waals surface area contributed by atoms with E-state index in [4.69, 9.17) is 0 Å². The molecule has 0 saturated carbocycles. The van der Waals surface area contributed by atoms with Gasteiger partial charge in [0.2, 0.25) is 5.78 Å². The summed E-state index contributed by atoms with van der Waals surface area (Å²) in [5, 5.41) is 2.48. The zero-order chi connectivity index (χ0) is 17.2. The van der Waals surface area contributed by atoms with Crippen LogP contribution in [0.2, 0.25) is 0 Å². The molecule has 4 aliphatic heterocycles. The molecule has 6 heteroatoms. The third kappa shape index (κ3) is 3.32. The van der Waals surface area contributed by atoms with Gasteiger partial charge in [-0.3, -0.25) is 14.6 Å². The van der Waals surface area contributed by atoms with Crippen LogP contribution >= 0.6 is 0 Å². The molecule has 25 heavy (non-hydrogen) atoms. The molecule has 4 heterocycles. The number of ketones is 1. The highest BCUT2D eigenvalue weighted by atomic mass is 16.2. The topological polar surface area (TPSA) is 83.2 Å². The standard InChI is InChI=1S/C19H12N4O2/c24-18-11-17(23-19(18)25)10-16-6-5-15(22-16)9-14-4-3-13(21-14)8-12-2-1-7-20-12/h1-11H,(H,23,24,25). The molecule has 0 aromatic heterocycles. The van der Waals surface area contributed by atoms with Gasteiger partial charge in [0.1, 0.15) is 0 Å². The summed E-state index contributed by atoms with van der Waals surface area (Å²) >= 11 is 0. The lowest BCUT2D eigenvalue weighted by Crippen LogP contribution is -2.20. The van der Waals surface area contributed by atoms with Crippen LogP contribution in [-0.4, -0.2) is 29.3 Å². The third-order valence-electron chi connectivity index (χ3n) is 3.61. The number of hydrogen-bond donors (Lipinski definition) is 1. The smallest absolute Gasteiger partial charge is 0.296 e. The van der Waals surface area contributed by atoms with Crippen LogP contribution in [0, 0.1) is 0 Å². The minimum atomic E-state index is -0.617. The average Bonchev–Trinajstić information content (AvgIpc) is 3.34. The van der Waals surface area contributed by atoms with Crippen molar-refractivity contribution >= 4 is 29.3 Å². The highest BCUT2D eigenvalue weighted by Gasteiger charge is 2.20. The highest BCUT2D eigenvalue weighted by Crippen LogP contribution is 2.17. The lowest BCUT2D eigenvalue weighted by Gasteiger charge is -1.95. The Kier molecular flexibility index (Phi) is 3.63. The van der Waals surface area contributed by atoms with E-state index in [9.17, 15) is 9.59 Å². The van der Waals surface area contributed by atoms with Gasteiger partial charge < -0.3 is 5.32 Å². The Balaban J connectivity index is 1.49. The van der Waals surface area contributed by atoms with Gasteiger partial charge in [-0.05, 0) is 54.7 Å². The zero-order valence-corrected chi connectivity index (χ0v) is 13.0. The Morgan fingerprint density at radius 1 is 0.800 bits per heavy atom. The summed E-state index contributed by atoms with van der Waals surface area (Å²) in [7, 11) is 0. The SMILES string of the molecule is O=C1C=C(C=C2C=CC(C=C3C=CC(C=C4C=CC=N4)=N3)=N2)NC1=O. The summed E-state index contributed by atoms with van der Waals surface area (Å²) in [5.74, 6) is -1.16. The van der Waals surface area contributed by atoms with E-state index in [1.54, 1.807) is 12.3 Å². The Morgan fingerprint density at radius 2 is 1.48 bits per heavy atom. The highest BCUT2D eigenvalue weighted by molar-refractivity contribution is 6.43. The maximum Gasteiger partial charge on any atom is 0.296 e. The number of rotatable bonds is 3. The van der Waals surface area contributed by atoms with Gasteiger partial charge in [0.05, 0.1) is 28.5 Å². The first kappa shape index (κ1) is 14.9. The fraction of sp³-hybridized carbons (Fsp3) is 0. The van der Waals surface area contributed by atoms with Crippen molar-refractivity contribution in [2.24, 2.45) is 15.0 Å². The lowest BCUT2D eigenvalue weighted by atomic mass is 10.2. The van der Waals surface area contributed by atoms with Crippen molar-refractivity contribution in [3.63, 3.8) is 0 Å². The summed E-state index contributed by atoms with van der Waals surface area (Å²) in [6, 6.07) is 0. The number of hydrogen-bond acceptors (Lipinski definition) is 5. The summed E-state index contributed by atoms with van der Waals surface area (Å²) in [4.78, 5) is 35.5. The molecule has 6 nitrogen and oxygen atoms in total. The van der Waals surface area contributed by atoms with E-state index < -0.39 is 11.7 Å². The lowest BCUT2D eigenvalue weighted by molar-refractivity contribution is -0.133. The van der Waals surface area contributed by atoms with Crippen LogP contribution in [0.25, 0.3) is 0 Å². The van der Waals surface area contributed by atoms with Crippen LogP contribution in [-0.2, 0) is 9.59 Å². The molecule has 1 N–H and O–H groups in total. The van der Waals surface area contributed by atoms with Crippen molar-refractivity contribution in [3.05, 3.63) is 83.5 Å². The zero-order valence-electron chi connectivity index (χ0n) is 13.0. The Hall–Kier alpha value is -3.67. The molecule has 4 rings (SSSR count). The summed E-state index contributed by atoms with van der Waals surface area (Å²) in [6.07, 6.45) is 19.7. The predicted molar refractivity (Wildman–Crippen MR) is 96.3 cm³/mol. The number of aliphatic imine (C=N–C) groups is 3. The molecule has 0 radical (unpaired) electrons. The van der Waals surface area contributed by atoms with Crippen LogP contribution in [0.5, 0.6) is 0 Å². The minimum Gasteiger partial charge on any atom is -0.319 e. The van der Waals surface area contributed by atoms with E-state index in [1.807, 2.05) is 48.6 Å². The normalized spacial score (nSPS) is 25.6. The van der Waals surface area contributed by atoms with Crippen molar-refractivity contribution in [1.29, 1.82) is 0 Å². The monoisotopic (exact) mass is 328 g/mol. The van der Waals surface area contributed by atoms with Crippen LogP contribution in [0.15, 0.2) is 98.5 Å². The van der Waals surface area contributed by atoms with Crippen LogP contribution in [0.3, 0.4) is 0 Å². The number of amides is 1. The molecule has 120 valence electrons. The maximum absolute atomic E-state index is 11.2. The molecule has 0 aromatic rings. The van der Waals surface area contributed by atoms with E-state index in [-0.39, 0.29) is 0 Å². The Labute approximate surface area is 143 Å². The fourth-order valence-electron chi connectivity index (χ4n) is 2.49. The van der Waals surface area contributed by atoms with Crippen LogP contribution < -0.4 is 5.32 Å². The van der Waals surface area contributed by atoms with Crippen LogP contribution in [0.1, 0.15) is 0 Å². The molecule has 0 saturated heterocycles. The number of nitrogens with zero attached hydrogens (tertiary/aromatic N) is 3. The molecule has 0 spiro atoms. The molecule has 4 aliphatic rings. The molecular weight excluding hydrogens is 316 g/mol. The van der Waals surface area contributed by atoms with Crippen molar-refractivity contribution in [2.75, 3.05) is 0 Å². The van der Waals surface area contributed by atoms with E-state index in [0.717, 1.165) is 22.8 Å². The van der Waals surface area contributed by atoms with E-state index in [1.165, 1.54) is 6.08 Å². The van der Waals surface area contributed by atoms with Crippen molar-refractivity contribution in [1.82, 2.24) is 5.32 Å². The number of allylic oxidation sites excluding steroid dienone is 9. The third-order valence-corrected chi connectivity index (χ3v) is 3.61. The minimum absolute atomic E-state index is 0.449. The van der Waals surface area contributed by atoms with Crippen molar-refractivity contribution in [2.45, 2.75) is 0 Å². The summed E-state index contributed by atoms with van der Waals surface area (Å²) < 4.78 is 0. The van der Waals surface area contributed by atoms with Crippen molar-refractivity contribution < 1.29 is 9.59 Å². The predicted octanol–water partition coefficient (Wildman–Crippen LogP) is 1.88. The maximum atomic E-state index is 11.2. The van der Waals surface area contributed by atoms with Gasteiger partial charge in [0, 0.05) is 18.0 Å². The molecule has 0 aliphatic carbocycles. The fourth-order valence-corrected chi connectivity index (χ4v) is 2.49. The van der Waals surface area contributed by atoms with Gasteiger partial charge in [0.15, 0.2) is 0 Å². The van der Waals surface area contributed by atoms with E-state index in [2.05, 4.69) is 20.3 Å². The Morgan fingerprint density at radius 3 is 2.08 bits per heavy atom. The molecule has 0 bridgehead atoms.